The van der Waals surface area contributed by atoms with E-state index < -0.39 is 0 Å². The molecular weight excluding hydrogens is 174 g/mol. The largest absolute Gasteiger partial charge is 0.387 e. The van der Waals surface area contributed by atoms with Crippen molar-refractivity contribution in [2.24, 2.45) is 0 Å². The smallest absolute Gasteiger partial charge is 0.0479 e. The highest BCUT2D eigenvalue weighted by molar-refractivity contribution is 8.20. The fourth-order valence-electron chi connectivity index (χ4n) is 0.828. The van der Waals surface area contributed by atoms with Gasteiger partial charge < -0.3 is 5.32 Å². The molecule has 0 bridgehead atoms. The Balaban J connectivity index is 2.92. The number of hydrogen-bond donors (Lipinski definition) is 1. The van der Waals surface area contributed by atoms with Gasteiger partial charge >= 0.3 is 0 Å². The van der Waals surface area contributed by atoms with Gasteiger partial charge in [-0.3, -0.25) is 0 Å². The first kappa shape index (κ1) is 8.56. The van der Waals surface area contributed by atoms with Crippen LogP contribution in [0.5, 0.6) is 0 Å². The van der Waals surface area contributed by atoms with Gasteiger partial charge in [0.15, 0.2) is 0 Å². The summed E-state index contributed by atoms with van der Waals surface area (Å²) in [5.74, 6) is 0. The molecule has 0 aliphatic heterocycles. The molecular formula is C8H9NS2. The summed E-state index contributed by atoms with van der Waals surface area (Å²) < 4.78 is 1.66. The van der Waals surface area contributed by atoms with Crippen LogP contribution in [-0.2, 0) is 0 Å². The maximum atomic E-state index is 4.75. The Morgan fingerprint density at radius 2 is 2.18 bits per heavy atom. The number of nitrogens with one attached hydrogen (secondary N) is 1. The molecule has 0 atom stereocenters. The molecule has 0 saturated heterocycles. The van der Waals surface area contributed by atoms with E-state index in [0.29, 0.717) is 0 Å². The number of thiocarbonyl (C=S) groups is 1. The summed E-state index contributed by atoms with van der Waals surface area (Å²) in [5, 5.41) is 3.09. The van der Waals surface area contributed by atoms with Gasteiger partial charge in [-0.05, 0) is 12.1 Å². The van der Waals surface area contributed by atoms with Crippen LogP contribution < -0.4 is 5.32 Å². The van der Waals surface area contributed by atoms with Crippen LogP contribution in [0, 0.1) is 0 Å². The second kappa shape index (κ2) is 4.36. The molecule has 0 unspecified atom stereocenters. The Morgan fingerprint density at radius 1 is 1.45 bits per heavy atom. The fourth-order valence-corrected chi connectivity index (χ4v) is 1.70. The Kier molecular flexibility index (Phi) is 3.39. The molecule has 0 aliphatic rings. The lowest BCUT2D eigenvalue weighted by molar-refractivity contribution is 1.39. The number of para-hydroxylation sites is 1. The van der Waals surface area contributed by atoms with E-state index >= 15 is 0 Å². The van der Waals surface area contributed by atoms with Gasteiger partial charge in [-0.15, -0.1) is 0 Å². The van der Waals surface area contributed by atoms with Crippen molar-refractivity contribution in [3.8, 4) is 0 Å². The Hall–Kier alpha value is -0.540. The van der Waals surface area contributed by atoms with Crippen LogP contribution in [-0.4, -0.2) is 11.7 Å². The van der Waals surface area contributed by atoms with Gasteiger partial charge in [0, 0.05) is 22.3 Å². The molecule has 0 heterocycles. The third kappa shape index (κ3) is 2.20. The molecule has 0 fully saturated rings. The van der Waals surface area contributed by atoms with Crippen LogP contribution in [0.3, 0.4) is 0 Å². The molecule has 0 saturated carbocycles. The molecule has 1 rings (SSSR count). The average molecular weight is 183 g/mol. The van der Waals surface area contributed by atoms with E-state index in [2.05, 4.69) is 5.32 Å². The monoisotopic (exact) mass is 183 g/mol. The van der Waals surface area contributed by atoms with Crippen LogP contribution in [0.2, 0.25) is 0 Å². The van der Waals surface area contributed by atoms with E-state index in [1.807, 2.05) is 31.3 Å². The fraction of sp³-hybridized carbons (Fsp3) is 0.125. The molecule has 1 aromatic rings. The summed E-state index contributed by atoms with van der Waals surface area (Å²) in [6, 6.07) is 8.07. The van der Waals surface area contributed by atoms with Crippen molar-refractivity contribution < 1.29 is 0 Å². The SMILES string of the molecule is CNc1ccccc1SC=S. The minimum Gasteiger partial charge on any atom is -0.387 e. The van der Waals surface area contributed by atoms with E-state index in [9.17, 15) is 0 Å². The zero-order valence-corrected chi connectivity index (χ0v) is 7.84. The van der Waals surface area contributed by atoms with Gasteiger partial charge in [0.05, 0.1) is 0 Å². The summed E-state index contributed by atoms with van der Waals surface area (Å²) >= 11 is 6.31. The highest BCUT2D eigenvalue weighted by Crippen LogP contribution is 2.24. The topological polar surface area (TPSA) is 12.0 Å². The predicted molar refractivity (Wildman–Crippen MR) is 55.5 cm³/mol. The lowest BCUT2D eigenvalue weighted by atomic mass is 10.3. The number of rotatable bonds is 3. The maximum absolute atomic E-state index is 4.75. The lowest BCUT2D eigenvalue weighted by Gasteiger charge is -2.03. The predicted octanol–water partition coefficient (Wildman–Crippen LogP) is 2.78. The number of benzene rings is 1. The molecule has 1 nitrogen and oxygen atoms in total. The normalized spacial score (nSPS) is 9.18. The maximum Gasteiger partial charge on any atom is 0.0479 e. The molecule has 3 heteroatoms. The van der Waals surface area contributed by atoms with Crippen LogP contribution in [0.4, 0.5) is 5.69 Å². The lowest BCUT2D eigenvalue weighted by Crippen LogP contribution is -1.89. The molecule has 11 heavy (non-hydrogen) atoms. The minimum atomic E-state index is 1.12. The van der Waals surface area contributed by atoms with Crippen molar-refractivity contribution >= 4 is 34.4 Å². The first-order chi connectivity index (χ1) is 5.38. The van der Waals surface area contributed by atoms with Gasteiger partial charge in [0.2, 0.25) is 0 Å². The van der Waals surface area contributed by atoms with Gasteiger partial charge in [-0.2, -0.15) is 0 Å². The van der Waals surface area contributed by atoms with Gasteiger partial charge in [-0.25, -0.2) is 0 Å². The molecule has 0 radical (unpaired) electrons. The average Bonchev–Trinajstić information content (AvgIpc) is 2.06. The molecule has 0 aromatic heterocycles. The second-order valence-corrected chi connectivity index (χ2v) is 3.41. The van der Waals surface area contributed by atoms with Crippen molar-refractivity contribution in [2.75, 3.05) is 12.4 Å². The van der Waals surface area contributed by atoms with Crippen LogP contribution >= 0.6 is 24.0 Å². The van der Waals surface area contributed by atoms with Gasteiger partial charge in [0.25, 0.3) is 0 Å². The Bertz CT molecular complexity index is 248. The van der Waals surface area contributed by atoms with Crippen molar-refractivity contribution in [2.45, 2.75) is 4.90 Å². The standard InChI is InChI=1S/C8H9NS2/c1-9-7-4-2-3-5-8(7)11-6-10/h2-6,9H,1H3. The van der Waals surface area contributed by atoms with Crippen molar-refractivity contribution in [3.63, 3.8) is 0 Å². The van der Waals surface area contributed by atoms with Crippen molar-refractivity contribution in [3.05, 3.63) is 24.3 Å². The summed E-state index contributed by atoms with van der Waals surface area (Å²) in [4.78, 5) is 1.17. The van der Waals surface area contributed by atoms with Gasteiger partial charge in [-0.1, -0.05) is 36.1 Å². The third-order valence-corrected chi connectivity index (χ3v) is 2.33. The van der Waals surface area contributed by atoms with E-state index in [1.54, 1.807) is 16.5 Å². The third-order valence-electron chi connectivity index (χ3n) is 1.33. The molecule has 0 amide bonds. The summed E-state index contributed by atoms with van der Waals surface area (Å²) in [7, 11) is 1.91. The van der Waals surface area contributed by atoms with E-state index in [4.69, 9.17) is 12.2 Å². The Labute approximate surface area is 76.2 Å². The van der Waals surface area contributed by atoms with Crippen LogP contribution in [0.15, 0.2) is 29.2 Å². The quantitative estimate of drug-likeness (QED) is 0.571. The first-order valence-corrected chi connectivity index (χ1v) is 4.60. The summed E-state index contributed by atoms with van der Waals surface area (Å²) in [6.07, 6.45) is 0. The Morgan fingerprint density at radius 3 is 2.82 bits per heavy atom. The number of anilines is 1. The van der Waals surface area contributed by atoms with E-state index in [0.717, 1.165) is 5.69 Å². The van der Waals surface area contributed by atoms with Crippen LogP contribution in [0.25, 0.3) is 0 Å². The summed E-state index contributed by atoms with van der Waals surface area (Å²) in [6.45, 7) is 0. The first-order valence-electron chi connectivity index (χ1n) is 3.25. The zero-order valence-electron chi connectivity index (χ0n) is 6.20. The van der Waals surface area contributed by atoms with E-state index in [-0.39, 0.29) is 0 Å². The van der Waals surface area contributed by atoms with Crippen LogP contribution in [0.1, 0.15) is 0 Å². The molecule has 1 N–H and O–H groups in total. The molecule has 0 spiro atoms. The van der Waals surface area contributed by atoms with Crippen molar-refractivity contribution in [1.82, 2.24) is 0 Å². The second-order valence-electron chi connectivity index (χ2n) is 1.96. The molecule has 1 aromatic carbocycles. The summed E-state index contributed by atoms with van der Waals surface area (Å²) in [5.41, 5.74) is 1.12. The minimum absolute atomic E-state index is 1.12. The number of hydrogen-bond acceptors (Lipinski definition) is 3. The van der Waals surface area contributed by atoms with Gasteiger partial charge in [0.1, 0.15) is 0 Å². The highest BCUT2D eigenvalue weighted by atomic mass is 32.2. The van der Waals surface area contributed by atoms with Crippen molar-refractivity contribution in [1.29, 1.82) is 0 Å². The number of thioether (sulfide) groups is 1. The molecule has 58 valence electrons. The molecule has 0 aliphatic carbocycles. The van der Waals surface area contributed by atoms with E-state index in [1.165, 1.54) is 4.90 Å². The zero-order chi connectivity index (χ0) is 8.10. The highest BCUT2D eigenvalue weighted by Gasteiger charge is 1.96.